The summed E-state index contributed by atoms with van der Waals surface area (Å²) < 4.78 is 5.27. The second-order valence-corrected chi connectivity index (χ2v) is 4.80. The lowest BCUT2D eigenvalue weighted by Gasteiger charge is -2.24. The Bertz CT molecular complexity index is 349. The largest absolute Gasteiger partial charge is 0.495 e. The van der Waals surface area contributed by atoms with Crippen LogP contribution in [0.4, 0.5) is 0 Å². The third kappa shape index (κ3) is 2.33. The molecule has 1 heterocycles. The fourth-order valence-electron chi connectivity index (χ4n) is 2.39. The van der Waals surface area contributed by atoms with Gasteiger partial charge in [-0.05, 0) is 49.4 Å². The molecule has 1 aromatic carbocycles. The van der Waals surface area contributed by atoms with Gasteiger partial charge in [0.2, 0.25) is 0 Å². The van der Waals surface area contributed by atoms with Crippen LogP contribution in [-0.4, -0.2) is 20.2 Å². The van der Waals surface area contributed by atoms with Crippen LogP contribution in [0.5, 0.6) is 5.75 Å². The molecule has 0 saturated carbocycles. The number of hydrogen-bond acceptors (Lipinski definition) is 2. The minimum atomic E-state index is 0.593. The predicted molar refractivity (Wildman–Crippen MR) is 67.6 cm³/mol. The number of benzene rings is 1. The smallest absolute Gasteiger partial charge is 0.140 e. The van der Waals surface area contributed by atoms with Crippen molar-refractivity contribution < 1.29 is 4.74 Å². The number of halogens is 1. The van der Waals surface area contributed by atoms with Gasteiger partial charge in [0.1, 0.15) is 5.75 Å². The summed E-state index contributed by atoms with van der Waals surface area (Å²) in [5, 5.41) is 4.15. The Morgan fingerprint density at radius 3 is 2.81 bits per heavy atom. The van der Waals surface area contributed by atoms with E-state index in [9.17, 15) is 0 Å². The summed E-state index contributed by atoms with van der Waals surface area (Å²) >= 11 is 6.21. The van der Waals surface area contributed by atoms with Crippen LogP contribution in [0.1, 0.15) is 29.9 Å². The second kappa shape index (κ2) is 5.07. The molecule has 1 fully saturated rings. The first-order valence-electron chi connectivity index (χ1n) is 5.77. The summed E-state index contributed by atoms with van der Waals surface area (Å²) in [6, 6.07) is 4.24. The minimum absolute atomic E-state index is 0.593. The highest BCUT2D eigenvalue weighted by atomic mass is 35.5. The summed E-state index contributed by atoms with van der Waals surface area (Å²) in [6.07, 6.45) is 2.49. The SMILES string of the molecule is COc1c(C)cc(C2CCCNC2)cc1Cl. The topological polar surface area (TPSA) is 21.3 Å². The molecule has 1 unspecified atom stereocenters. The van der Waals surface area contributed by atoms with Crippen molar-refractivity contribution in [1.82, 2.24) is 5.32 Å². The summed E-state index contributed by atoms with van der Waals surface area (Å²) in [4.78, 5) is 0. The summed E-state index contributed by atoms with van der Waals surface area (Å²) in [5.41, 5.74) is 2.45. The van der Waals surface area contributed by atoms with E-state index < -0.39 is 0 Å². The molecule has 1 atom stereocenters. The van der Waals surface area contributed by atoms with Crippen LogP contribution >= 0.6 is 11.6 Å². The average molecular weight is 240 g/mol. The zero-order valence-electron chi connectivity index (χ0n) is 9.85. The molecular formula is C13H18ClNO. The van der Waals surface area contributed by atoms with Crippen molar-refractivity contribution >= 4 is 11.6 Å². The Kier molecular flexibility index (Phi) is 3.72. The van der Waals surface area contributed by atoms with Gasteiger partial charge in [-0.15, -0.1) is 0 Å². The Balaban J connectivity index is 2.28. The molecule has 0 aliphatic carbocycles. The van der Waals surface area contributed by atoms with Gasteiger partial charge in [0.05, 0.1) is 12.1 Å². The normalized spacial score (nSPS) is 20.8. The molecule has 0 bridgehead atoms. The van der Waals surface area contributed by atoms with E-state index in [1.165, 1.54) is 18.4 Å². The first-order valence-corrected chi connectivity index (χ1v) is 6.15. The molecule has 1 aliphatic rings. The van der Waals surface area contributed by atoms with E-state index in [1.54, 1.807) is 7.11 Å². The lowest BCUT2D eigenvalue weighted by atomic mass is 9.90. The van der Waals surface area contributed by atoms with Crippen LogP contribution in [0, 0.1) is 6.92 Å². The van der Waals surface area contributed by atoms with Crippen molar-refractivity contribution in [2.24, 2.45) is 0 Å². The van der Waals surface area contributed by atoms with E-state index in [1.807, 2.05) is 13.0 Å². The highest BCUT2D eigenvalue weighted by Crippen LogP contribution is 2.33. The molecule has 1 N–H and O–H groups in total. The van der Waals surface area contributed by atoms with Gasteiger partial charge in [-0.3, -0.25) is 0 Å². The highest BCUT2D eigenvalue weighted by Gasteiger charge is 2.17. The maximum absolute atomic E-state index is 6.21. The van der Waals surface area contributed by atoms with Gasteiger partial charge < -0.3 is 10.1 Å². The van der Waals surface area contributed by atoms with Gasteiger partial charge in [0, 0.05) is 6.54 Å². The molecule has 0 aromatic heterocycles. The standard InChI is InChI=1S/C13H18ClNO/c1-9-6-11(7-12(14)13(9)16-2)10-4-3-5-15-8-10/h6-7,10,15H,3-5,8H2,1-2H3. The van der Waals surface area contributed by atoms with Gasteiger partial charge in [-0.2, -0.15) is 0 Å². The third-order valence-electron chi connectivity index (χ3n) is 3.22. The Labute approximate surface area is 102 Å². The van der Waals surface area contributed by atoms with Crippen LogP contribution in [0.2, 0.25) is 5.02 Å². The second-order valence-electron chi connectivity index (χ2n) is 4.40. The zero-order valence-corrected chi connectivity index (χ0v) is 10.6. The monoisotopic (exact) mass is 239 g/mol. The van der Waals surface area contributed by atoms with Gasteiger partial charge in [0.25, 0.3) is 0 Å². The van der Waals surface area contributed by atoms with Crippen molar-refractivity contribution in [2.75, 3.05) is 20.2 Å². The Morgan fingerprint density at radius 1 is 1.44 bits per heavy atom. The molecule has 0 amide bonds. The molecule has 1 aliphatic heterocycles. The van der Waals surface area contributed by atoms with Crippen LogP contribution in [0.25, 0.3) is 0 Å². The molecule has 3 heteroatoms. The number of rotatable bonds is 2. The first-order chi connectivity index (χ1) is 7.72. The zero-order chi connectivity index (χ0) is 11.5. The summed E-state index contributed by atoms with van der Waals surface area (Å²) in [7, 11) is 1.66. The summed E-state index contributed by atoms with van der Waals surface area (Å²) in [5.74, 6) is 1.39. The molecule has 2 rings (SSSR count). The van der Waals surface area contributed by atoms with Crippen molar-refractivity contribution in [3.05, 3.63) is 28.3 Å². The van der Waals surface area contributed by atoms with Crippen LogP contribution in [0.3, 0.4) is 0 Å². The molecule has 1 saturated heterocycles. The van der Waals surface area contributed by atoms with E-state index in [0.717, 1.165) is 29.4 Å². The number of methoxy groups -OCH3 is 1. The van der Waals surface area contributed by atoms with Crippen molar-refractivity contribution in [1.29, 1.82) is 0 Å². The van der Waals surface area contributed by atoms with Crippen LogP contribution in [-0.2, 0) is 0 Å². The number of ether oxygens (including phenoxy) is 1. The lowest BCUT2D eigenvalue weighted by Crippen LogP contribution is -2.28. The van der Waals surface area contributed by atoms with E-state index in [2.05, 4.69) is 11.4 Å². The van der Waals surface area contributed by atoms with Crippen LogP contribution in [0.15, 0.2) is 12.1 Å². The average Bonchev–Trinajstić information content (AvgIpc) is 2.30. The molecule has 2 nitrogen and oxygen atoms in total. The van der Waals surface area contributed by atoms with Gasteiger partial charge >= 0.3 is 0 Å². The maximum atomic E-state index is 6.21. The van der Waals surface area contributed by atoms with Crippen molar-refractivity contribution in [3.63, 3.8) is 0 Å². The van der Waals surface area contributed by atoms with Gasteiger partial charge in [0.15, 0.2) is 0 Å². The quantitative estimate of drug-likeness (QED) is 0.856. The first kappa shape index (κ1) is 11.7. The summed E-state index contributed by atoms with van der Waals surface area (Å²) in [6.45, 7) is 4.24. The molecule has 16 heavy (non-hydrogen) atoms. The fraction of sp³-hybridized carbons (Fsp3) is 0.538. The van der Waals surface area contributed by atoms with E-state index in [4.69, 9.17) is 16.3 Å². The van der Waals surface area contributed by atoms with Gasteiger partial charge in [-0.1, -0.05) is 17.7 Å². The lowest BCUT2D eigenvalue weighted by molar-refractivity contribution is 0.411. The Morgan fingerprint density at radius 2 is 2.25 bits per heavy atom. The number of aryl methyl sites for hydroxylation is 1. The third-order valence-corrected chi connectivity index (χ3v) is 3.50. The van der Waals surface area contributed by atoms with E-state index >= 15 is 0 Å². The predicted octanol–water partition coefficient (Wildman–Crippen LogP) is 3.12. The minimum Gasteiger partial charge on any atom is -0.495 e. The number of piperidine rings is 1. The fourth-order valence-corrected chi connectivity index (χ4v) is 2.74. The van der Waals surface area contributed by atoms with Crippen molar-refractivity contribution in [3.8, 4) is 5.75 Å². The highest BCUT2D eigenvalue weighted by molar-refractivity contribution is 6.32. The van der Waals surface area contributed by atoms with E-state index in [-0.39, 0.29) is 0 Å². The van der Waals surface area contributed by atoms with Crippen LogP contribution < -0.4 is 10.1 Å². The molecule has 88 valence electrons. The number of hydrogen-bond donors (Lipinski definition) is 1. The van der Waals surface area contributed by atoms with Gasteiger partial charge in [-0.25, -0.2) is 0 Å². The Hall–Kier alpha value is -0.730. The molecule has 0 radical (unpaired) electrons. The molecular weight excluding hydrogens is 222 g/mol. The number of nitrogens with one attached hydrogen (secondary N) is 1. The maximum Gasteiger partial charge on any atom is 0.140 e. The molecule has 1 aromatic rings. The van der Waals surface area contributed by atoms with E-state index in [0.29, 0.717) is 5.92 Å². The molecule has 0 spiro atoms. The van der Waals surface area contributed by atoms with Crippen molar-refractivity contribution in [2.45, 2.75) is 25.7 Å².